The van der Waals surface area contributed by atoms with E-state index in [9.17, 15) is 32.5 Å². The van der Waals surface area contributed by atoms with Crippen molar-refractivity contribution in [3.63, 3.8) is 0 Å². The van der Waals surface area contributed by atoms with Gasteiger partial charge in [0, 0.05) is 11.6 Å². The molecule has 2 atom stereocenters. The van der Waals surface area contributed by atoms with E-state index >= 15 is 0 Å². The fourth-order valence-corrected chi connectivity index (χ4v) is 5.66. The molecule has 3 aromatic carbocycles. The number of aliphatic hydroxyl groups excluding tert-OH is 1. The monoisotopic (exact) mass is 595 g/mol. The molecule has 0 aliphatic heterocycles. The standard InChI is InChI=1S/C30H33N3O8S/c1-17(2)27(29(36)31-18(3)28(35)32-20-13-12-19(15-34)26(14-20)42(38,39)40)33-30(37)41-16-25-23-10-6-4-8-21(23)22-9-5-7-11-24(22)25/h4-14,17-18,25,27,34H,15-16H2,1-3H3,(H,31,36)(H,32,35)(H,33,37)(H,38,39,40)/t18-,27-/m0/s1. The molecular formula is C30H33N3O8S. The van der Waals surface area contributed by atoms with Crippen molar-refractivity contribution in [2.45, 2.75) is 50.3 Å². The zero-order chi connectivity index (χ0) is 30.6. The average molecular weight is 596 g/mol. The number of hydrogen-bond acceptors (Lipinski definition) is 7. The normalized spacial score (nSPS) is 14.0. The molecule has 0 heterocycles. The summed E-state index contributed by atoms with van der Waals surface area (Å²) in [5, 5.41) is 16.9. The molecule has 1 aliphatic rings. The molecule has 11 nitrogen and oxygen atoms in total. The Morgan fingerprint density at radius 1 is 0.881 bits per heavy atom. The van der Waals surface area contributed by atoms with E-state index in [0.29, 0.717) is 0 Å². The average Bonchev–Trinajstić information content (AvgIpc) is 3.27. The fraction of sp³-hybridized carbons (Fsp3) is 0.300. The molecule has 0 bridgehead atoms. The topological polar surface area (TPSA) is 171 Å². The van der Waals surface area contributed by atoms with E-state index in [1.807, 2.05) is 48.5 Å². The first kappa shape index (κ1) is 30.7. The van der Waals surface area contributed by atoms with Crippen LogP contribution in [0.15, 0.2) is 71.6 Å². The Kier molecular flexibility index (Phi) is 9.30. The summed E-state index contributed by atoms with van der Waals surface area (Å²) < 4.78 is 38.2. The smallest absolute Gasteiger partial charge is 0.407 e. The van der Waals surface area contributed by atoms with Crippen LogP contribution in [0.2, 0.25) is 0 Å². The molecule has 0 saturated carbocycles. The number of carbonyl (C=O) groups is 3. The Morgan fingerprint density at radius 3 is 2.02 bits per heavy atom. The zero-order valence-corrected chi connectivity index (χ0v) is 24.1. The van der Waals surface area contributed by atoms with E-state index in [1.165, 1.54) is 19.1 Å². The van der Waals surface area contributed by atoms with Crippen LogP contribution in [0.1, 0.15) is 43.4 Å². The van der Waals surface area contributed by atoms with Crippen molar-refractivity contribution < 1.29 is 37.2 Å². The quantitative estimate of drug-likeness (QED) is 0.222. The third kappa shape index (κ3) is 6.78. The van der Waals surface area contributed by atoms with Gasteiger partial charge in [-0.05, 0) is 52.8 Å². The largest absolute Gasteiger partial charge is 0.449 e. The minimum absolute atomic E-state index is 0.0306. The number of rotatable bonds is 10. The van der Waals surface area contributed by atoms with Gasteiger partial charge in [-0.1, -0.05) is 68.4 Å². The highest BCUT2D eigenvalue weighted by Gasteiger charge is 2.31. The zero-order valence-electron chi connectivity index (χ0n) is 23.3. The van der Waals surface area contributed by atoms with Gasteiger partial charge < -0.3 is 25.8 Å². The van der Waals surface area contributed by atoms with Gasteiger partial charge in [-0.15, -0.1) is 0 Å². The van der Waals surface area contributed by atoms with E-state index in [0.717, 1.165) is 28.3 Å². The number of anilines is 1. The summed E-state index contributed by atoms with van der Waals surface area (Å²) in [4.78, 5) is 38.0. The minimum atomic E-state index is -4.65. The predicted octanol–water partition coefficient (Wildman–Crippen LogP) is 3.43. The second-order valence-electron chi connectivity index (χ2n) is 10.4. The van der Waals surface area contributed by atoms with Crippen molar-refractivity contribution in [2.75, 3.05) is 11.9 Å². The van der Waals surface area contributed by atoms with Crippen LogP contribution in [-0.2, 0) is 31.1 Å². The number of alkyl carbamates (subject to hydrolysis) is 1. The van der Waals surface area contributed by atoms with Gasteiger partial charge in [-0.3, -0.25) is 14.1 Å². The molecule has 0 unspecified atom stereocenters. The molecule has 0 aromatic heterocycles. The maximum absolute atomic E-state index is 13.0. The molecule has 1 aliphatic carbocycles. The first-order valence-electron chi connectivity index (χ1n) is 13.3. The summed E-state index contributed by atoms with van der Waals surface area (Å²) in [6, 6.07) is 17.4. The number of amides is 3. The first-order valence-corrected chi connectivity index (χ1v) is 14.8. The second-order valence-corrected chi connectivity index (χ2v) is 11.8. The number of nitrogens with one attached hydrogen (secondary N) is 3. The molecule has 0 spiro atoms. The van der Waals surface area contributed by atoms with Crippen LogP contribution in [0.3, 0.4) is 0 Å². The number of ether oxygens (including phenoxy) is 1. The second kappa shape index (κ2) is 12.7. The number of hydrogen-bond donors (Lipinski definition) is 5. The highest BCUT2D eigenvalue weighted by molar-refractivity contribution is 7.85. The van der Waals surface area contributed by atoms with E-state index in [4.69, 9.17) is 4.74 Å². The number of aliphatic hydroxyl groups is 1. The summed E-state index contributed by atoms with van der Waals surface area (Å²) >= 11 is 0. The lowest BCUT2D eigenvalue weighted by atomic mass is 9.98. The third-order valence-corrected chi connectivity index (χ3v) is 8.04. The van der Waals surface area contributed by atoms with Crippen LogP contribution in [0.5, 0.6) is 0 Å². The third-order valence-electron chi connectivity index (χ3n) is 7.10. The molecular weight excluding hydrogens is 562 g/mol. The Hall–Kier alpha value is -4.26. The Bertz CT molecular complexity index is 1560. The van der Waals surface area contributed by atoms with E-state index in [2.05, 4.69) is 16.0 Å². The maximum atomic E-state index is 13.0. The lowest BCUT2D eigenvalue weighted by Crippen LogP contribution is -2.53. The minimum Gasteiger partial charge on any atom is -0.449 e. The Morgan fingerprint density at radius 2 is 1.48 bits per heavy atom. The van der Waals surface area contributed by atoms with Crippen LogP contribution in [-0.4, -0.2) is 54.7 Å². The van der Waals surface area contributed by atoms with Gasteiger partial charge in [0.05, 0.1) is 6.61 Å². The lowest BCUT2D eigenvalue weighted by Gasteiger charge is -2.24. The highest BCUT2D eigenvalue weighted by atomic mass is 32.2. The van der Waals surface area contributed by atoms with Gasteiger partial charge >= 0.3 is 6.09 Å². The number of carbonyl (C=O) groups excluding carboxylic acids is 3. The van der Waals surface area contributed by atoms with Crippen molar-refractivity contribution in [3.05, 3.63) is 83.4 Å². The molecule has 0 fully saturated rings. The van der Waals surface area contributed by atoms with Gasteiger partial charge in [-0.25, -0.2) is 4.79 Å². The molecule has 0 radical (unpaired) electrons. The molecule has 4 rings (SSSR count). The van der Waals surface area contributed by atoms with Gasteiger partial charge in [0.1, 0.15) is 23.6 Å². The van der Waals surface area contributed by atoms with Crippen molar-refractivity contribution >= 4 is 33.7 Å². The van der Waals surface area contributed by atoms with Crippen molar-refractivity contribution in [2.24, 2.45) is 5.92 Å². The molecule has 222 valence electrons. The number of benzene rings is 3. The van der Waals surface area contributed by atoms with Crippen LogP contribution in [0, 0.1) is 5.92 Å². The lowest BCUT2D eigenvalue weighted by molar-refractivity contribution is -0.128. The maximum Gasteiger partial charge on any atom is 0.407 e. The molecule has 0 saturated heterocycles. The van der Waals surface area contributed by atoms with E-state index in [1.54, 1.807) is 13.8 Å². The first-order chi connectivity index (χ1) is 19.9. The predicted molar refractivity (Wildman–Crippen MR) is 155 cm³/mol. The SMILES string of the molecule is CC(C)[C@H](NC(=O)OCC1c2ccccc2-c2ccccc21)C(=O)N[C@@H](C)C(=O)Nc1ccc(CO)c(S(=O)(=O)O)c1. The summed E-state index contributed by atoms with van der Waals surface area (Å²) in [7, 11) is -4.65. The van der Waals surface area contributed by atoms with E-state index < -0.39 is 51.6 Å². The Balaban J connectivity index is 1.36. The van der Waals surface area contributed by atoms with Crippen molar-refractivity contribution in [1.29, 1.82) is 0 Å². The summed E-state index contributed by atoms with van der Waals surface area (Å²) in [5.74, 6) is -1.78. The number of fused-ring (bicyclic) bond motifs is 3. The summed E-state index contributed by atoms with van der Waals surface area (Å²) in [6.07, 6.45) is -0.774. The molecule has 12 heteroatoms. The van der Waals surface area contributed by atoms with Crippen LogP contribution >= 0.6 is 0 Å². The molecule has 3 aromatic rings. The summed E-state index contributed by atoms with van der Waals surface area (Å²) in [6.45, 7) is 4.33. The van der Waals surface area contributed by atoms with Crippen LogP contribution in [0.4, 0.5) is 10.5 Å². The van der Waals surface area contributed by atoms with Crippen LogP contribution < -0.4 is 16.0 Å². The van der Waals surface area contributed by atoms with E-state index in [-0.39, 0.29) is 29.7 Å². The summed E-state index contributed by atoms with van der Waals surface area (Å²) in [5.41, 5.74) is 4.28. The van der Waals surface area contributed by atoms with Gasteiger partial charge in [0.15, 0.2) is 0 Å². The Labute approximate surface area is 244 Å². The van der Waals surface area contributed by atoms with Gasteiger partial charge in [0.25, 0.3) is 10.1 Å². The van der Waals surface area contributed by atoms with Gasteiger partial charge in [0.2, 0.25) is 11.8 Å². The van der Waals surface area contributed by atoms with Crippen LogP contribution in [0.25, 0.3) is 11.1 Å². The van der Waals surface area contributed by atoms with Crippen molar-refractivity contribution in [3.8, 4) is 11.1 Å². The molecule has 42 heavy (non-hydrogen) atoms. The van der Waals surface area contributed by atoms with Gasteiger partial charge in [-0.2, -0.15) is 8.42 Å². The highest BCUT2D eigenvalue weighted by Crippen LogP contribution is 2.44. The fourth-order valence-electron chi connectivity index (χ4n) is 4.92. The van der Waals surface area contributed by atoms with Crippen molar-refractivity contribution in [1.82, 2.24) is 10.6 Å². The molecule has 5 N–H and O–H groups in total. The molecule has 3 amide bonds.